The first-order chi connectivity index (χ1) is 10.3. The van der Waals surface area contributed by atoms with Crippen molar-refractivity contribution >= 4 is 0 Å². The van der Waals surface area contributed by atoms with Gasteiger partial charge in [-0.15, -0.1) is 0 Å². The van der Waals surface area contributed by atoms with Gasteiger partial charge in [0.1, 0.15) is 5.41 Å². The van der Waals surface area contributed by atoms with E-state index in [0.717, 1.165) is 24.1 Å². The summed E-state index contributed by atoms with van der Waals surface area (Å²) in [4.78, 5) is 0. The van der Waals surface area contributed by atoms with Crippen molar-refractivity contribution in [1.29, 1.82) is 5.26 Å². The van der Waals surface area contributed by atoms with Gasteiger partial charge in [0.05, 0.1) is 6.07 Å². The Morgan fingerprint density at radius 2 is 1.52 bits per heavy atom. The predicted molar refractivity (Wildman–Crippen MR) is 84.8 cm³/mol. The molecule has 1 heterocycles. The summed E-state index contributed by atoms with van der Waals surface area (Å²) in [6.07, 6.45) is 1.03. The summed E-state index contributed by atoms with van der Waals surface area (Å²) in [6.45, 7) is 3.17. The molecule has 1 saturated heterocycles. The zero-order valence-electron chi connectivity index (χ0n) is 12.3. The average molecular weight is 276 g/mol. The van der Waals surface area contributed by atoms with Gasteiger partial charge in [0.25, 0.3) is 0 Å². The predicted octanol–water partition coefficient (Wildman–Crippen LogP) is 3.49. The molecular weight excluding hydrogens is 256 g/mol. The van der Waals surface area contributed by atoms with E-state index in [1.807, 2.05) is 36.4 Å². The van der Waals surface area contributed by atoms with E-state index in [-0.39, 0.29) is 5.92 Å². The molecule has 1 N–H and O–H groups in total. The maximum Gasteiger partial charge on any atom is 0.111 e. The fourth-order valence-electron chi connectivity index (χ4n) is 3.66. The van der Waals surface area contributed by atoms with Crippen LogP contribution in [0, 0.1) is 17.2 Å². The molecule has 2 heteroatoms. The second kappa shape index (κ2) is 5.71. The van der Waals surface area contributed by atoms with E-state index in [2.05, 4.69) is 42.6 Å². The molecule has 2 aromatic rings. The van der Waals surface area contributed by atoms with Crippen LogP contribution < -0.4 is 5.32 Å². The van der Waals surface area contributed by atoms with Crippen molar-refractivity contribution in [2.75, 3.05) is 6.54 Å². The van der Waals surface area contributed by atoms with Crippen LogP contribution in [0.4, 0.5) is 0 Å². The van der Waals surface area contributed by atoms with Gasteiger partial charge in [0, 0.05) is 12.0 Å². The largest absolute Gasteiger partial charge is 0.314 e. The van der Waals surface area contributed by atoms with Gasteiger partial charge in [-0.3, -0.25) is 0 Å². The molecule has 0 aromatic heterocycles. The number of nitriles is 1. The third-order valence-electron chi connectivity index (χ3n) is 4.72. The highest BCUT2D eigenvalue weighted by atomic mass is 14.9. The zero-order valence-corrected chi connectivity index (χ0v) is 12.3. The van der Waals surface area contributed by atoms with E-state index in [1.54, 1.807) is 0 Å². The summed E-state index contributed by atoms with van der Waals surface area (Å²) in [5, 5.41) is 13.7. The Bertz CT molecular complexity index is 588. The average Bonchev–Trinajstić information content (AvgIpc) is 2.98. The summed E-state index contributed by atoms with van der Waals surface area (Å²) < 4.78 is 0. The smallest absolute Gasteiger partial charge is 0.111 e. The second-order valence-electron chi connectivity index (χ2n) is 5.79. The standard InChI is InChI=1S/C19H20N2/c1-15-18(12-13-21-15)19(14-20,16-8-4-2-5-9-16)17-10-6-3-7-11-17/h2-11,15,18,21H,12-13H2,1H3. The number of rotatable bonds is 3. The van der Waals surface area contributed by atoms with Crippen LogP contribution in [0.2, 0.25) is 0 Å². The van der Waals surface area contributed by atoms with Gasteiger partial charge in [-0.2, -0.15) is 5.26 Å². The minimum Gasteiger partial charge on any atom is -0.314 e. The van der Waals surface area contributed by atoms with Gasteiger partial charge < -0.3 is 5.32 Å². The Kier molecular flexibility index (Phi) is 3.77. The normalized spacial score (nSPS) is 21.9. The lowest BCUT2D eigenvalue weighted by atomic mass is 9.64. The molecule has 2 nitrogen and oxygen atoms in total. The van der Waals surface area contributed by atoms with Gasteiger partial charge in [-0.1, -0.05) is 60.7 Å². The van der Waals surface area contributed by atoms with Gasteiger partial charge in [-0.25, -0.2) is 0 Å². The molecule has 1 fully saturated rings. The monoisotopic (exact) mass is 276 g/mol. The topological polar surface area (TPSA) is 35.8 Å². The molecule has 21 heavy (non-hydrogen) atoms. The molecule has 0 amide bonds. The quantitative estimate of drug-likeness (QED) is 0.931. The summed E-state index contributed by atoms with van der Waals surface area (Å²) in [6, 6.07) is 23.5. The number of hydrogen-bond acceptors (Lipinski definition) is 2. The van der Waals surface area contributed by atoms with Crippen LogP contribution in [-0.2, 0) is 5.41 Å². The van der Waals surface area contributed by atoms with Crippen LogP contribution in [0.1, 0.15) is 24.5 Å². The van der Waals surface area contributed by atoms with Gasteiger partial charge >= 0.3 is 0 Å². The number of benzene rings is 2. The van der Waals surface area contributed by atoms with Crippen molar-refractivity contribution in [1.82, 2.24) is 5.32 Å². The molecule has 2 atom stereocenters. The highest BCUT2D eigenvalue weighted by molar-refractivity contribution is 5.47. The van der Waals surface area contributed by atoms with Crippen molar-refractivity contribution in [2.24, 2.45) is 5.92 Å². The fraction of sp³-hybridized carbons (Fsp3) is 0.316. The van der Waals surface area contributed by atoms with Crippen molar-refractivity contribution in [3.8, 4) is 6.07 Å². The Balaban J connectivity index is 2.21. The number of nitrogens with one attached hydrogen (secondary N) is 1. The Labute approximate surface area is 126 Å². The molecule has 1 aliphatic heterocycles. The van der Waals surface area contributed by atoms with E-state index in [1.165, 1.54) is 0 Å². The van der Waals surface area contributed by atoms with Crippen LogP contribution in [0.5, 0.6) is 0 Å². The maximum absolute atomic E-state index is 10.2. The van der Waals surface area contributed by atoms with Crippen LogP contribution in [0.3, 0.4) is 0 Å². The lowest BCUT2D eigenvalue weighted by molar-refractivity contribution is 0.362. The molecule has 0 bridgehead atoms. The molecule has 0 spiro atoms. The molecule has 3 rings (SSSR count). The molecule has 2 aromatic carbocycles. The molecule has 2 unspecified atom stereocenters. The minimum absolute atomic E-state index is 0.285. The van der Waals surface area contributed by atoms with E-state index in [9.17, 15) is 5.26 Å². The molecule has 0 saturated carbocycles. The molecule has 1 aliphatic rings. The van der Waals surface area contributed by atoms with Crippen molar-refractivity contribution < 1.29 is 0 Å². The lowest BCUT2D eigenvalue weighted by Gasteiger charge is -2.36. The van der Waals surface area contributed by atoms with Crippen LogP contribution in [-0.4, -0.2) is 12.6 Å². The summed E-state index contributed by atoms with van der Waals surface area (Å²) >= 11 is 0. The molecule has 106 valence electrons. The third-order valence-corrected chi connectivity index (χ3v) is 4.72. The Morgan fingerprint density at radius 1 is 1.00 bits per heavy atom. The minimum atomic E-state index is -0.578. The van der Waals surface area contributed by atoms with Crippen LogP contribution in [0.15, 0.2) is 60.7 Å². The van der Waals surface area contributed by atoms with Crippen molar-refractivity contribution in [3.63, 3.8) is 0 Å². The third kappa shape index (κ3) is 2.24. The van der Waals surface area contributed by atoms with E-state index >= 15 is 0 Å². The van der Waals surface area contributed by atoms with Crippen LogP contribution >= 0.6 is 0 Å². The van der Waals surface area contributed by atoms with Crippen LogP contribution in [0.25, 0.3) is 0 Å². The van der Waals surface area contributed by atoms with Crippen molar-refractivity contribution in [2.45, 2.75) is 24.8 Å². The molecule has 0 aliphatic carbocycles. The van der Waals surface area contributed by atoms with E-state index < -0.39 is 5.41 Å². The SMILES string of the molecule is CC1NCCC1C(C#N)(c1ccccc1)c1ccccc1. The number of nitrogens with zero attached hydrogens (tertiary/aromatic N) is 1. The summed E-state index contributed by atoms with van der Waals surface area (Å²) in [5.74, 6) is 0.285. The summed E-state index contributed by atoms with van der Waals surface area (Å²) in [7, 11) is 0. The Hall–Kier alpha value is -2.11. The zero-order chi connectivity index (χ0) is 14.7. The molecule has 0 radical (unpaired) electrons. The first-order valence-corrected chi connectivity index (χ1v) is 7.54. The van der Waals surface area contributed by atoms with Gasteiger partial charge in [0.2, 0.25) is 0 Å². The van der Waals surface area contributed by atoms with E-state index in [4.69, 9.17) is 0 Å². The second-order valence-corrected chi connectivity index (χ2v) is 5.79. The first kappa shape index (κ1) is 13.9. The first-order valence-electron chi connectivity index (χ1n) is 7.54. The highest BCUT2D eigenvalue weighted by Crippen LogP contribution is 2.43. The maximum atomic E-state index is 10.2. The number of hydrogen-bond donors (Lipinski definition) is 1. The highest BCUT2D eigenvalue weighted by Gasteiger charge is 2.46. The van der Waals surface area contributed by atoms with E-state index in [0.29, 0.717) is 6.04 Å². The fourth-order valence-corrected chi connectivity index (χ4v) is 3.66. The lowest BCUT2D eigenvalue weighted by Crippen LogP contribution is -2.41. The van der Waals surface area contributed by atoms with Crippen molar-refractivity contribution in [3.05, 3.63) is 71.8 Å². The van der Waals surface area contributed by atoms with Gasteiger partial charge in [-0.05, 0) is 31.0 Å². The summed E-state index contributed by atoms with van der Waals surface area (Å²) in [5.41, 5.74) is 1.62. The molecular formula is C19H20N2. The van der Waals surface area contributed by atoms with Gasteiger partial charge in [0.15, 0.2) is 0 Å². The Morgan fingerprint density at radius 3 is 1.90 bits per heavy atom.